The number of anilines is 1. The van der Waals surface area contributed by atoms with E-state index in [0.29, 0.717) is 35.7 Å². The van der Waals surface area contributed by atoms with Crippen molar-refractivity contribution in [2.24, 2.45) is 0 Å². The number of hydrogen-bond donors (Lipinski definition) is 1. The number of methoxy groups -OCH3 is 3. The van der Waals surface area contributed by atoms with Crippen LogP contribution in [0, 0.1) is 0 Å². The fourth-order valence-corrected chi connectivity index (χ4v) is 2.65. The molecule has 0 saturated carbocycles. The Morgan fingerprint density at radius 2 is 1.62 bits per heavy atom. The minimum atomic E-state index is -0.129. The summed E-state index contributed by atoms with van der Waals surface area (Å²) in [7, 11) is 4.54. The second-order valence-corrected chi connectivity index (χ2v) is 5.72. The van der Waals surface area contributed by atoms with Crippen molar-refractivity contribution in [2.75, 3.05) is 26.6 Å². The second kappa shape index (κ2) is 8.89. The van der Waals surface area contributed by atoms with Crippen LogP contribution < -0.4 is 19.5 Å². The molecule has 0 aliphatic carbocycles. The number of hydrogen-bond acceptors (Lipinski definition) is 5. The maximum absolute atomic E-state index is 12.6. The van der Waals surface area contributed by atoms with Gasteiger partial charge in [0.05, 0.1) is 21.3 Å². The lowest BCUT2D eigenvalue weighted by Gasteiger charge is -2.13. The molecule has 2 aromatic carbocycles. The lowest BCUT2D eigenvalue weighted by atomic mass is 10.0. The standard InChI is InChI=1S/C20H23NO5/c1-13(22)21-16-7-5-6-14(10-16)8-9-17(23)15-11-18(24-2)20(26-4)19(12-15)25-3/h5-7,10-12H,8-9H2,1-4H3,(H,21,22). The number of carbonyl (C=O) groups is 2. The fraction of sp³-hybridized carbons (Fsp3) is 0.300. The average molecular weight is 357 g/mol. The number of rotatable bonds is 8. The predicted octanol–water partition coefficient (Wildman–Crippen LogP) is 3.49. The number of aryl methyl sites for hydroxylation is 1. The van der Waals surface area contributed by atoms with Crippen molar-refractivity contribution >= 4 is 17.4 Å². The first-order valence-electron chi connectivity index (χ1n) is 8.18. The lowest BCUT2D eigenvalue weighted by molar-refractivity contribution is -0.114. The van der Waals surface area contributed by atoms with Crippen LogP contribution in [0.4, 0.5) is 5.69 Å². The number of ketones is 1. The zero-order valence-corrected chi connectivity index (χ0v) is 15.4. The molecule has 6 heteroatoms. The van der Waals surface area contributed by atoms with Gasteiger partial charge in [-0.25, -0.2) is 0 Å². The summed E-state index contributed by atoms with van der Waals surface area (Å²) in [6, 6.07) is 10.8. The van der Waals surface area contributed by atoms with Gasteiger partial charge in [-0.2, -0.15) is 0 Å². The topological polar surface area (TPSA) is 73.9 Å². The van der Waals surface area contributed by atoms with Gasteiger partial charge < -0.3 is 19.5 Å². The van der Waals surface area contributed by atoms with Crippen LogP contribution in [0.1, 0.15) is 29.3 Å². The van der Waals surface area contributed by atoms with Crippen LogP contribution in [0.15, 0.2) is 36.4 Å². The summed E-state index contributed by atoms with van der Waals surface area (Å²) in [5.41, 5.74) is 2.18. The van der Waals surface area contributed by atoms with Crippen LogP contribution in [0.2, 0.25) is 0 Å². The minimum absolute atomic E-state index is 0.0332. The molecule has 0 heterocycles. The molecule has 0 aliphatic heterocycles. The SMILES string of the molecule is COc1cc(C(=O)CCc2cccc(NC(C)=O)c2)cc(OC)c1OC. The number of Topliss-reactive ketones (excluding diaryl/α,β-unsaturated/α-hetero) is 1. The number of amides is 1. The Balaban J connectivity index is 2.14. The number of benzene rings is 2. The molecule has 0 aliphatic rings. The van der Waals surface area contributed by atoms with E-state index in [4.69, 9.17) is 14.2 Å². The Morgan fingerprint density at radius 1 is 0.962 bits per heavy atom. The van der Waals surface area contributed by atoms with Crippen molar-refractivity contribution in [3.8, 4) is 17.2 Å². The first-order valence-corrected chi connectivity index (χ1v) is 8.18. The zero-order chi connectivity index (χ0) is 19.1. The highest BCUT2D eigenvalue weighted by molar-refractivity contribution is 5.97. The predicted molar refractivity (Wildman–Crippen MR) is 99.5 cm³/mol. The van der Waals surface area contributed by atoms with Gasteiger partial charge in [-0.05, 0) is 36.2 Å². The summed E-state index contributed by atoms with van der Waals surface area (Å²) in [5, 5.41) is 2.74. The van der Waals surface area contributed by atoms with E-state index in [2.05, 4.69) is 5.32 Å². The van der Waals surface area contributed by atoms with Crippen molar-refractivity contribution in [2.45, 2.75) is 19.8 Å². The number of carbonyl (C=O) groups excluding carboxylic acids is 2. The first kappa shape index (κ1) is 19.3. The van der Waals surface area contributed by atoms with E-state index in [9.17, 15) is 9.59 Å². The van der Waals surface area contributed by atoms with Crippen LogP contribution in [-0.4, -0.2) is 33.0 Å². The molecule has 2 aromatic rings. The smallest absolute Gasteiger partial charge is 0.221 e. The normalized spacial score (nSPS) is 10.2. The lowest BCUT2D eigenvalue weighted by Crippen LogP contribution is -2.06. The number of ether oxygens (including phenoxy) is 3. The Labute approximate surface area is 153 Å². The van der Waals surface area contributed by atoms with Gasteiger partial charge in [0.1, 0.15) is 0 Å². The molecule has 0 aromatic heterocycles. The largest absolute Gasteiger partial charge is 0.493 e. The molecule has 0 saturated heterocycles. The Bertz CT molecular complexity index is 776. The third-order valence-corrected chi connectivity index (χ3v) is 3.87. The van der Waals surface area contributed by atoms with E-state index in [1.54, 1.807) is 12.1 Å². The minimum Gasteiger partial charge on any atom is -0.493 e. The van der Waals surface area contributed by atoms with Crippen LogP contribution in [0.3, 0.4) is 0 Å². The summed E-state index contributed by atoms with van der Waals surface area (Å²) in [6.45, 7) is 1.46. The highest BCUT2D eigenvalue weighted by atomic mass is 16.5. The Hall–Kier alpha value is -3.02. The maximum atomic E-state index is 12.6. The first-order chi connectivity index (χ1) is 12.5. The summed E-state index contributed by atoms with van der Waals surface area (Å²) in [6.07, 6.45) is 0.880. The van der Waals surface area contributed by atoms with Gasteiger partial charge in [0.25, 0.3) is 0 Å². The molecule has 1 amide bonds. The summed E-state index contributed by atoms with van der Waals surface area (Å²) < 4.78 is 15.8. The van der Waals surface area contributed by atoms with Crippen molar-refractivity contribution in [3.63, 3.8) is 0 Å². The molecule has 0 atom stereocenters. The van der Waals surface area contributed by atoms with E-state index in [1.165, 1.54) is 28.3 Å². The van der Waals surface area contributed by atoms with E-state index in [1.807, 2.05) is 24.3 Å². The molecule has 138 valence electrons. The van der Waals surface area contributed by atoms with Gasteiger partial charge in [0.2, 0.25) is 11.7 Å². The molecule has 6 nitrogen and oxygen atoms in total. The highest BCUT2D eigenvalue weighted by Crippen LogP contribution is 2.38. The molecule has 0 fully saturated rings. The van der Waals surface area contributed by atoms with Gasteiger partial charge in [-0.3, -0.25) is 9.59 Å². The Kier molecular flexibility index (Phi) is 6.60. The molecular weight excluding hydrogens is 334 g/mol. The van der Waals surface area contributed by atoms with Crippen molar-refractivity contribution in [1.29, 1.82) is 0 Å². The van der Waals surface area contributed by atoms with Crippen LogP contribution >= 0.6 is 0 Å². The van der Waals surface area contributed by atoms with Gasteiger partial charge >= 0.3 is 0 Å². The molecular formula is C20H23NO5. The van der Waals surface area contributed by atoms with Gasteiger partial charge in [0, 0.05) is 24.6 Å². The van der Waals surface area contributed by atoms with Crippen molar-refractivity contribution in [1.82, 2.24) is 0 Å². The fourth-order valence-electron chi connectivity index (χ4n) is 2.65. The second-order valence-electron chi connectivity index (χ2n) is 5.72. The van der Waals surface area contributed by atoms with Crippen molar-refractivity contribution in [3.05, 3.63) is 47.5 Å². The number of nitrogens with one attached hydrogen (secondary N) is 1. The highest BCUT2D eigenvalue weighted by Gasteiger charge is 2.17. The van der Waals surface area contributed by atoms with Crippen LogP contribution in [0.5, 0.6) is 17.2 Å². The molecule has 1 N–H and O–H groups in total. The van der Waals surface area contributed by atoms with E-state index < -0.39 is 0 Å². The molecule has 0 spiro atoms. The summed E-state index contributed by atoms with van der Waals surface area (Å²) in [5.74, 6) is 1.19. The molecule has 0 radical (unpaired) electrons. The van der Waals surface area contributed by atoms with E-state index >= 15 is 0 Å². The molecule has 0 bridgehead atoms. The van der Waals surface area contributed by atoms with Gasteiger partial charge in [-0.1, -0.05) is 12.1 Å². The van der Waals surface area contributed by atoms with Gasteiger partial charge in [-0.15, -0.1) is 0 Å². The monoisotopic (exact) mass is 357 g/mol. The summed E-state index contributed by atoms with van der Waals surface area (Å²) in [4.78, 5) is 23.7. The third-order valence-electron chi connectivity index (χ3n) is 3.87. The molecule has 0 unspecified atom stereocenters. The summed E-state index contributed by atoms with van der Waals surface area (Å²) >= 11 is 0. The van der Waals surface area contributed by atoms with Crippen LogP contribution in [-0.2, 0) is 11.2 Å². The Morgan fingerprint density at radius 3 is 2.15 bits per heavy atom. The van der Waals surface area contributed by atoms with E-state index in [-0.39, 0.29) is 11.7 Å². The molecule has 26 heavy (non-hydrogen) atoms. The van der Waals surface area contributed by atoms with Crippen LogP contribution in [0.25, 0.3) is 0 Å². The molecule has 2 rings (SSSR count). The third kappa shape index (κ3) is 4.75. The maximum Gasteiger partial charge on any atom is 0.221 e. The van der Waals surface area contributed by atoms with E-state index in [0.717, 1.165) is 11.3 Å². The van der Waals surface area contributed by atoms with Crippen molar-refractivity contribution < 1.29 is 23.8 Å². The zero-order valence-electron chi connectivity index (χ0n) is 15.4. The average Bonchev–Trinajstić information content (AvgIpc) is 2.64. The van der Waals surface area contributed by atoms with Gasteiger partial charge in [0.15, 0.2) is 17.3 Å². The quantitative estimate of drug-likeness (QED) is 0.732.